The summed E-state index contributed by atoms with van der Waals surface area (Å²) in [4.78, 5) is 10.9. The second-order valence-electron chi connectivity index (χ2n) is 3.13. The fourth-order valence-corrected chi connectivity index (χ4v) is 1.14. The lowest BCUT2D eigenvalue weighted by atomic mass is 10.2. The van der Waals surface area contributed by atoms with Gasteiger partial charge in [-0.2, -0.15) is 0 Å². The first-order valence-electron chi connectivity index (χ1n) is 4.02. The average molecular weight is 157 g/mol. The van der Waals surface area contributed by atoms with E-state index in [-0.39, 0.29) is 12.5 Å². The van der Waals surface area contributed by atoms with Crippen LogP contribution in [0, 0.1) is 5.92 Å². The molecule has 0 aromatic carbocycles. The summed E-state index contributed by atoms with van der Waals surface area (Å²) in [6, 6.07) is 0.331. The van der Waals surface area contributed by atoms with E-state index in [1.807, 2.05) is 6.92 Å². The Hall–Kier alpha value is -0.570. The van der Waals surface area contributed by atoms with Gasteiger partial charge in [0.25, 0.3) is 0 Å². The van der Waals surface area contributed by atoms with Crippen LogP contribution < -0.4 is 5.32 Å². The van der Waals surface area contributed by atoms with Gasteiger partial charge in [-0.05, 0) is 25.7 Å². The van der Waals surface area contributed by atoms with Crippen molar-refractivity contribution in [2.45, 2.75) is 25.8 Å². The minimum Gasteiger partial charge on any atom is -0.375 e. The van der Waals surface area contributed by atoms with Crippen molar-refractivity contribution in [3.8, 4) is 0 Å². The van der Waals surface area contributed by atoms with Crippen LogP contribution in [0.25, 0.3) is 0 Å². The van der Waals surface area contributed by atoms with Gasteiger partial charge in [-0.15, -0.1) is 0 Å². The Labute approximate surface area is 67.1 Å². The van der Waals surface area contributed by atoms with Crippen LogP contribution in [0.3, 0.4) is 0 Å². The molecule has 1 amide bonds. The molecule has 1 aliphatic rings. The van der Waals surface area contributed by atoms with E-state index < -0.39 is 0 Å². The number of carbonyl (C=O) groups is 1. The quantitative estimate of drug-likeness (QED) is 0.647. The van der Waals surface area contributed by atoms with E-state index in [2.05, 4.69) is 5.32 Å². The van der Waals surface area contributed by atoms with Crippen molar-refractivity contribution in [3.05, 3.63) is 0 Å². The number of methoxy groups -OCH3 is 1. The van der Waals surface area contributed by atoms with Gasteiger partial charge in [0.1, 0.15) is 6.61 Å². The van der Waals surface area contributed by atoms with Gasteiger partial charge >= 0.3 is 0 Å². The third-order valence-corrected chi connectivity index (χ3v) is 1.99. The van der Waals surface area contributed by atoms with Gasteiger partial charge < -0.3 is 10.1 Å². The third-order valence-electron chi connectivity index (χ3n) is 1.99. The van der Waals surface area contributed by atoms with E-state index in [9.17, 15) is 4.79 Å². The Morgan fingerprint density at radius 1 is 1.73 bits per heavy atom. The molecule has 3 heteroatoms. The fraction of sp³-hybridized carbons (Fsp3) is 0.875. The highest BCUT2D eigenvalue weighted by Crippen LogP contribution is 2.32. The first-order chi connectivity index (χ1) is 5.24. The van der Waals surface area contributed by atoms with Gasteiger partial charge in [0.2, 0.25) is 5.91 Å². The van der Waals surface area contributed by atoms with E-state index in [1.54, 1.807) is 0 Å². The zero-order valence-corrected chi connectivity index (χ0v) is 7.09. The predicted molar refractivity (Wildman–Crippen MR) is 42.2 cm³/mol. The summed E-state index contributed by atoms with van der Waals surface area (Å²) in [5, 5.41) is 2.88. The molecule has 0 radical (unpaired) electrons. The summed E-state index contributed by atoms with van der Waals surface area (Å²) in [5.74, 6) is 0.711. The van der Waals surface area contributed by atoms with Gasteiger partial charge in [-0.25, -0.2) is 0 Å². The second kappa shape index (κ2) is 3.72. The Balaban J connectivity index is 2.12. The molecule has 0 spiro atoms. The highest BCUT2D eigenvalue weighted by Gasteiger charge is 2.28. The molecule has 1 fully saturated rings. The van der Waals surface area contributed by atoms with E-state index in [1.165, 1.54) is 20.0 Å². The first kappa shape index (κ1) is 8.53. The van der Waals surface area contributed by atoms with Crippen LogP contribution in [-0.2, 0) is 9.53 Å². The highest BCUT2D eigenvalue weighted by atomic mass is 16.5. The number of hydrogen-bond donors (Lipinski definition) is 1. The Bertz CT molecular complexity index is 143. The molecule has 1 N–H and O–H groups in total. The van der Waals surface area contributed by atoms with Crippen molar-refractivity contribution >= 4 is 5.91 Å². The number of amides is 1. The molecule has 1 saturated carbocycles. The van der Waals surface area contributed by atoms with Gasteiger partial charge in [0.15, 0.2) is 0 Å². The lowest BCUT2D eigenvalue weighted by molar-refractivity contribution is -0.125. The summed E-state index contributed by atoms with van der Waals surface area (Å²) in [5.41, 5.74) is 0. The first-order valence-corrected chi connectivity index (χ1v) is 4.02. The van der Waals surface area contributed by atoms with Crippen LogP contribution in [0.4, 0.5) is 0 Å². The van der Waals surface area contributed by atoms with E-state index in [0.717, 1.165) is 5.92 Å². The number of nitrogens with one attached hydrogen (secondary N) is 1. The third kappa shape index (κ3) is 2.89. The zero-order chi connectivity index (χ0) is 8.27. The summed E-state index contributed by atoms with van der Waals surface area (Å²) in [6.07, 6.45) is 2.52. The number of hydrogen-bond acceptors (Lipinski definition) is 2. The van der Waals surface area contributed by atoms with Crippen LogP contribution in [0.1, 0.15) is 19.8 Å². The molecular weight excluding hydrogens is 142 g/mol. The molecule has 11 heavy (non-hydrogen) atoms. The van der Waals surface area contributed by atoms with Crippen molar-refractivity contribution in [1.82, 2.24) is 5.32 Å². The van der Waals surface area contributed by atoms with Crippen molar-refractivity contribution < 1.29 is 9.53 Å². The summed E-state index contributed by atoms with van der Waals surface area (Å²) in [6.45, 7) is 2.22. The Morgan fingerprint density at radius 3 is 2.82 bits per heavy atom. The van der Waals surface area contributed by atoms with E-state index in [0.29, 0.717) is 6.04 Å². The molecule has 0 aromatic rings. The maximum Gasteiger partial charge on any atom is 0.246 e. The Morgan fingerprint density at radius 2 is 2.36 bits per heavy atom. The summed E-state index contributed by atoms with van der Waals surface area (Å²) >= 11 is 0. The molecular formula is C8H15NO2. The van der Waals surface area contributed by atoms with E-state index >= 15 is 0 Å². The van der Waals surface area contributed by atoms with Crippen LogP contribution in [0.5, 0.6) is 0 Å². The SMILES string of the molecule is COCC(=O)NC(C)C1CC1. The van der Waals surface area contributed by atoms with Crippen LogP contribution in [0.2, 0.25) is 0 Å². The van der Waals surface area contributed by atoms with Gasteiger partial charge in [0, 0.05) is 13.2 Å². The van der Waals surface area contributed by atoms with Crippen molar-refractivity contribution in [1.29, 1.82) is 0 Å². The second-order valence-corrected chi connectivity index (χ2v) is 3.13. The van der Waals surface area contributed by atoms with Crippen molar-refractivity contribution in [2.24, 2.45) is 5.92 Å². The van der Waals surface area contributed by atoms with Gasteiger partial charge in [-0.3, -0.25) is 4.79 Å². The lowest BCUT2D eigenvalue weighted by Crippen LogP contribution is -2.36. The standard InChI is InChI=1S/C8H15NO2/c1-6(7-3-4-7)9-8(10)5-11-2/h6-7H,3-5H2,1-2H3,(H,9,10). The topological polar surface area (TPSA) is 38.3 Å². The molecule has 1 aliphatic carbocycles. The maximum atomic E-state index is 10.9. The molecule has 0 saturated heterocycles. The van der Waals surface area contributed by atoms with Crippen molar-refractivity contribution in [2.75, 3.05) is 13.7 Å². The minimum atomic E-state index is -0.00750. The molecule has 0 bridgehead atoms. The van der Waals surface area contributed by atoms with Gasteiger partial charge in [0.05, 0.1) is 0 Å². The van der Waals surface area contributed by atoms with Crippen LogP contribution in [-0.4, -0.2) is 25.7 Å². The molecule has 3 nitrogen and oxygen atoms in total. The fourth-order valence-electron chi connectivity index (χ4n) is 1.14. The maximum absolute atomic E-state index is 10.9. The smallest absolute Gasteiger partial charge is 0.246 e. The molecule has 64 valence electrons. The largest absolute Gasteiger partial charge is 0.375 e. The molecule has 0 aromatic heterocycles. The van der Waals surface area contributed by atoms with E-state index in [4.69, 9.17) is 4.74 Å². The number of rotatable bonds is 4. The van der Waals surface area contributed by atoms with Gasteiger partial charge in [-0.1, -0.05) is 0 Å². The Kier molecular flexibility index (Phi) is 2.88. The summed E-state index contributed by atoms with van der Waals surface area (Å²) < 4.78 is 4.69. The number of ether oxygens (including phenoxy) is 1. The molecule has 0 aliphatic heterocycles. The monoisotopic (exact) mass is 157 g/mol. The summed E-state index contributed by atoms with van der Waals surface area (Å²) in [7, 11) is 1.53. The molecule has 1 rings (SSSR count). The highest BCUT2D eigenvalue weighted by molar-refractivity contribution is 5.77. The average Bonchev–Trinajstić information content (AvgIpc) is 2.67. The minimum absolute atomic E-state index is 0.00750. The predicted octanol–water partition coefficient (Wildman–Crippen LogP) is 0.547. The molecule has 0 heterocycles. The normalized spacial score (nSPS) is 19.5. The zero-order valence-electron chi connectivity index (χ0n) is 7.09. The molecule has 1 atom stereocenters. The molecule has 1 unspecified atom stereocenters. The van der Waals surface area contributed by atoms with Crippen molar-refractivity contribution in [3.63, 3.8) is 0 Å². The lowest BCUT2D eigenvalue weighted by Gasteiger charge is -2.11. The number of carbonyl (C=O) groups excluding carboxylic acids is 1. The van der Waals surface area contributed by atoms with Crippen LogP contribution >= 0.6 is 0 Å². The van der Waals surface area contributed by atoms with Crippen LogP contribution in [0.15, 0.2) is 0 Å².